The lowest BCUT2D eigenvalue weighted by Crippen LogP contribution is -2.24. The molecule has 0 saturated carbocycles. The molecule has 8 aromatic heterocycles. The van der Waals surface area contributed by atoms with Crippen LogP contribution in [0.5, 0.6) is 0 Å². The highest BCUT2D eigenvalue weighted by Crippen LogP contribution is 2.27. The average molecular weight is 793 g/mol. The topological polar surface area (TPSA) is 172 Å². The monoisotopic (exact) mass is 792 g/mol. The maximum atomic E-state index is 4.87. The number of hydrogen-bond acceptors (Lipinski definition) is 14. The van der Waals surface area contributed by atoms with Crippen LogP contribution in [0.4, 0.5) is 0 Å². The van der Waals surface area contributed by atoms with Gasteiger partial charge in [0.25, 0.3) is 0 Å². The van der Waals surface area contributed by atoms with Gasteiger partial charge in [-0.2, -0.15) is 29.4 Å². The summed E-state index contributed by atoms with van der Waals surface area (Å²) in [5, 5.41) is 47.1. The van der Waals surface area contributed by atoms with Crippen LogP contribution in [0.2, 0.25) is 0 Å². The van der Waals surface area contributed by atoms with Crippen molar-refractivity contribution in [1.29, 1.82) is 0 Å². The van der Waals surface area contributed by atoms with Gasteiger partial charge in [0.1, 0.15) is 10.0 Å². The van der Waals surface area contributed by atoms with Crippen LogP contribution in [0.3, 0.4) is 0 Å². The minimum absolute atomic E-state index is 0.0855. The second kappa shape index (κ2) is 14.3. The van der Waals surface area contributed by atoms with Crippen LogP contribution in [-0.2, 0) is 26.4 Å². The van der Waals surface area contributed by atoms with Crippen molar-refractivity contribution in [3.05, 3.63) is 119 Å². The van der Waals surface area contributed by atoms with Crippen LogP contribution in [0, 0.1) is 0 Å². The lowest BCUT2D eigenvalue weighted by atomic mass is 10.0. The van der Waals surface area contributed by atoms with Crippen molar-refractivity contribution in [3.8, 4) is 22.3 Å². The number of aryl methyl sites for hydroxylation is 1. The molecule has 57 heavy (non-hydrogen) atoms. The van der Waals surface area contributed by atoms with Gasteiger partial charge in [-0.25, -0.2) is 0 Å². The van der Waals surface area contributed by atoms with Crippen LogP contribution in [-0.4, -0.2) is 76.2 Å². The zero-order valence-corrected chi connectivity index (χ0v) is 33.1. The Kier molecular flexibility index (Phi) is 8.81. The van der Waals surface area contributed by atoms with Crippen LogP contribution in [0.15, 0.2) is 85.7 Å². The molecule has 0 amide bonds. The second-order valence-electron chi connectivity index (χ2n) is 14.1. The van der Waals surface area contributed by atoms with Crippen LogP contribution in [0.25, 0.3) is 54.0 Å². The summed E-state index contributed by atoms with van der Waals surface area (Å²) in [6.45, 7) is 4.72. The molecule has 0 fully saturated rings. The second-order valence-corrected chi connectivity index (χ2v) is 16.1. The highest BCUT2D eigenvalue weighted by molar-refractivity contribution is 7.17. The molecule has 8 heterocycles. The Morgan fingerprint density at radius 1 is 0.667 bits per heavy atom. The van der Waals surface area contributed by atoms with E-state index in [1.165, 1.54) is 11.3 Å². The molecular formula is C39H36N16S2. The fraction of sp³-hybridized carbons (Fsp3) is 0.231. The molecule has 16 nitrogen and oxygen atoms in total. The maximum absolute atomic E-state index is 4.87. The van der Waals surface area contributed by atoms with Gasteiger partial charge in [0, 0.05) is 77.7 Å². The number of pyridine rings is 2. The molecule has 18 heteroatoms. The molecule has 1 unspecified atom stereocenters. The molecule has 0 bridgehead atoms. The van der Waals surface area contributed by atoms with Gasteiger partial charge in [-0.15, -0.1) is 20.4 Å². The first-order valence-electron chi connectivity index (χ1n) is 18.5. The molecule has 0 spiro atoms. The summed E-state index contributed by atoms with van der Waals surface area (Å²) in [7, 11) is 3.84. The van der Waals surface area contributed by atoms with Gasteiger partial charge >= 0.3 is 0 Å². The van der Waals surface area contributed by atoms with E-state index in [9.17, 15) is 0 Å². The van der Waals surface area contributed by atoms with Gasteiger partial charge in [0.05, 0.1) is 42.2 Å². The fourth-order valence-electron chi connectivity index (χ4n) is 6.82. The predicted octanol–water partition coefficient (Wildman–Crippen LogP) is 5.82. The summed E-state index contributed by atoms with van der Waals surface area (Å²) < 4.78 is 7.41. The highest BCUT2D eigenvalue weighted by Gasteiger charge is 2.17. The number of fused-ring (bicyclic) bond motifs is 4. The molecule has 2 atom stereocenters. The smallest absolute Gasteiger partial charge is 0.234 e. The quantitative estimate of drug-likeness (QED) is 0.152. The van der Waals surface area contributed by atoms with E-state index in [1.54, 1.807) is 16.0 Å². The zero-order valence-electron chi connectivity index (χ0n) is 31.4. The van der Waals surface area contributed by atoms with Gasteiger partial charge < -0.3 is 5.32 Å². The zero-order chi connectivity index (χ0) is 38.6. The number of aromatic nitrogens is 14. The first-order chi connectivity index (χ1) is 27.8. The number of rotatable bonds is 12. The largest absolute Gasteiger partial charge is 0.311 e. The van der Waals surface area contributed by atoms with E-state index in [0.29, 0.717) is 19.4 Å². The molecule has 2 N–H and O–H groups in total. The molecule has 10 aromatic rings. The molecule has 0 aliphatic rings. The van der Waals surface area contributed by atoms with Crippen LogP contribution < -0.4 is 10.6 Å². The Labute approximate surface area is 333 Å². The Morgan fingerprint density at radius 2 is 1.28 bits per heavy atom. The normalized spacial score (nSPS) is 13.1. The van der Waals surface area contributed by atoms with E-state index >= 15 is 0 Å². The maximum Gasteiger partial charge on any atom is 0.234 e. The van der Waals surface area contributed by atoms with Crippen molar-refractivity contribution in [1.82, 2.24) is 79.8 Å². The Balaban J connectivity index is 0.804. The molecule has 0 radical (unpaired) electrons. The third kappa shape index (κ3) is 6.81. The summed E-state index contributed by atoms with van der Waals surface area (Å²) in [4.78, 5) is 11.0. The van der Waals surface area contributed by atoms with E-state index < -0.39 is 0 Å². The number of benzene rings is 2. The molecule has 0 saturated heterocycles. The van der Waals surface area contributed by atoms with Crippen LogP contribution >= 0.6 is 22.7 Å². The van der Waals surface area contributed by atoms with Crippen molar-refractivity contribution >= 4 is 54.4 Å². The standard InChI is InChI=1S/C39H36N16S2/c1-22(40-3)37-51-55-35(47-49-39(55)57-37)12-25-6-8-33-27(10-25)14-29(16-43-33)31-18-45-53(21-31)23(2)41-19-36-50-54-34(46-48-38(54)56-36)11-24-5-7-32-26(9-24)13-28(15-42-32)30-17-44-52(4)20-30/h5-10,13-18,20-23,40-41H,11-12,19H2,1-4H3/t22-,23?/m0/s1. The van der Waals surface area contributed by atoms with Gasteiger partial charge in [-0.1, -0.05) is 34.8 Å². The van der Waals surface area contributed by atoms with E-state index in [2.05, 4.69) is 96.5 Å². The summed E-state index contributed by atoms with van der Waals surface area (Å²) in [6, 6.07) is 17.0. The van der Waals surface area contributed by atoms with Gasteiger partial charge in [0.15, 0.2) is 11.6 Å². The average Bonchev–Trinajstić information content (AvgIpc) is 4.09. The van der Waals surface area contributed by atoms with E-state index in [1.807, 2.05) is 77.1 Å². The Morgan fingerprint density at radius 3 is 1.91 bits per heavy atom. The summed E-state index contributed by atoms with van der Waals surface area (Å²) in [5.41, 5.74) is 8.12. The molecule has 10 rings (SSSR count). The highest BCUT2D eigenvalue weighted by atomic mass is 32.1. The Hall–Kier alpha value is -6.34. The number of nitrogens with zero attached hydrogens (tertiary/aromatic N) is 14. The van der Waals surface area contributed by atoms with Crippen molar-refractivity contribution in [2.24, 2.45) is 7.05 Å². The lowest BCUT2D eigenvalue weighted by Gasteiger charge is -2.13. The summed E-state index contributed by atoms with van der Waals surface area (Å²) in [5.74, 6) is 1.59. The fourth-order valence-corrected chi connectivity index (χ4v) is 8.54. The van der Waals surface area contributed by atoms with E-state index in [-0.39, 0.29) is 12.2 Å². The Bertz CT molecular complexity index is 3060. The first-order valence-corrected chi connectivity index (χ1v) is 20.1. The van der Waals surface area contributed by atoms with E-state index in [0.717, 1.165) is 86.8 Å². The van der Waals surface area contributed by atoms with Crippen molar-refractivity contribution < 1.29 is 0 Å². The SMILES string of the molecule is CN[C@@H](C)c1nn2c(Cc3ccc4ncc(-c5cnn(C(C)NCc6nn7c(Cc8ccc9ncc(-c%10cnn(C)c%10)cc9c8)nnc7s6)c5)cc4c3)nnc2s1. The van der Waals surface area contributed by atoms with Crippen LogP contribution in [0.1, 0.15) is 58.8 Å². The third-order valence-corrected chi connectivity index (χ3v) is 12.1. The summed E-state index contributed by atoms with van der Waals surface area (Å²) >= 11 is 3.08. The molecule has 0 aliphatic heterocycles. The van der Waals surface area contributed by atoms with E-state index in [4.69, 9.17) is 15.2 Å². The molecular weight excluding hydrogens is 757 g/mol. The van der Waals surface area contributed by atoms with Gasteiger partial charge in [-0.05, 0) is 68.4 Å². The number of hydrogen-bond donors (Lipinski definition) is 2. The lowest BCUT2D eigenvalue weighted by molar-refractivity contribution is 0.398. The first kappa shape index (κ1) is 35.1. The van der Waals surface area contributed by atoms with Gasteiger partial charge in [0.2, 0.25) is 9.92 Å². The molecule has 2 aromatic carbocycles. The summed E-state index contributed by atoms with van der Waals surface area (Å²) in [6.07, 6.45) is 12.7. The molecule has 0 aliphatic carbocycles. The predicted molar refractivity (Wildman–Crippen MR) is 219 cm³/mol. The van der Waals surface area contributed by atoms with Crippen molar-refractivity contribution in [2.75, 3.05) is 7.05 Å². The molecule has 284 valence electrons. The minimum atomic E-state index is -0.0855. The minimum Gasteiger partial charge on any atom is -0.311 e. The third-order valence-electron chi connectivity index (χ3n) is 10.1. The van der Waals surface area contributed by atoms with Gasteiger partial charge in [-0.3, -0.25) is 24.6 Å². The van der Waals surface area contributed by atoms with Crippen molar-refractivity contribution in [3.63, 3.8) is 0 Å². The number of nitrogens with one attached hydrogen (secondary N) is 2. The van der Waals surface area contributed by atoms with Crippen molar-refractivity contribution in [2.45, 2.75) is 45.4 Å².